The van der Waals surface area contributed by atoms with Crippen molar-refractivity contribution in [3.8, 4) is 0 Å². The van der Waals surface area contributed by atoms with Crippen molar-refractivity contribution in [1.29, 1.82) is 0 Å². The number of esters is 1. The van der Waals surface area contributed by atoms with Crippen molar-refractivity contribution < 1.29 is 22.7 Å². The van der Waals surface area contributed by atoms with Crippen molar-refractivity contribution >= 4 is 27.6 Å². The van der Waals surface area contributed by atoms with E-state index in [-0.39, 0.29) is 16.4 Å². The number of amides is 1. The summed E-state index contributed by atoms with van der Waals surface area (Å²) in [6, 6.07) is 11.1. The van der Waals surface area contributed by atoms with Gasteiger partial charge >= 0.3 is 5.97 Å². The van der Waals surface area contributed by atoms with Crippen molar-refractivity contribution in [2.24, 2.45) is 0 Å². The number of carbonyl (C=O) groups is 2. The van der Waals surface area contributed by atoms with Crippen LogP contribution in [0.25, 0.3) is 0 Å². The fraction of sp³-hybridized carbons (Fsp3) is 0.333. The van der Waals surface area contributed by atoms with Gasteiger partial charge in [0.2, 0.25) is 10.0 Å². The SMILES string of the molecule is CNS(=O)(=O)c1ccc(C(=O)OC(C)C(=O)Nc2c(C)cccc2C(C)C)cc1. The standard InChI is InChI=1S/C21H26N2O5S/c1-13(2)18-8-6-7-14(3)19(18)23-20(24)15(4)28-21(25)16-9-11-17(12-10-16)29(26,27)22-5/h6-13,15,22H,1-5H3,(H,23,24). The molecule has 8 heteroatoms. The topological polar surface area (TPSA) is 102 Å². The van der Waals surface area contributed by atoms with E-state index in [0.717, 1.165) is 16.8 Å². The molecule has 0 heterocycles. The van der Waals surface area contributed by atoms with Crippen LogP contribution in [0.5, 0.6) is 0 Å². The maximum Gasteiger partial charge on any atom is 0.338 e. The van der Waals surface area contributed by atoms with Crippen LogP contribution in [0, 0.1) is 6.92 Å². The van der Waals surface area contributed by atoms with Gasteiger partial charge in [-0.25, -0.2) is 17.9 Å². The van der Waals surface area contributed by atoms with Crippen LogP contribution in [0.1, 0.15) is 48.2 Å². The lowest BCUT2D eigenvalue weighted by Gasteiger charge is -2.19. The Morgan fingerprint density at radius 3 is 2.17 bits per heavy atom. The van der Waals surface area contributed by atoms with Crippen LogP contribution >= 0.6 is 0 Å². The molecule has 0 aliphatic heterocycles. The van der Waals surface area contributed by atoms with Gasteiger partial charge in [-0.1, -0.05) is 32.0 Å². The smallest absolute Gasteiger partial charge is 0.338 e. The van der Waals surface area contributed by atoms with Crippen LogP contribution in [-0.2, 0) is 19.6 Å². The third kappa shape index (κ3) is 5.42. The van der Waals surface area contributed by atoms with Gasteiger partial charge in [-0.2, -0.15) is 0 Å². The van der Waals surface area contributed by atoms with E-state index in [1.54, 1.807) is 0 Å². The van der Waals surface area contributed by atoms with Crippen LogP contribution in [0.4, 0.5) is 5.69 Å². The molecule has 0 saturated carbocycles. The molecule has 0 aromatic heterocycles. The summed E-state index contributed by atoms with van der Waals surface area (Å²) in [5.74, 6) is -0.936. The molecule has 2 rings (SSSR count). The normalized spacial score (nSPS) is 12.5. The second-order valence-electron chi connectivity index (χ2n) is 6.96. The molecule has 0 bridgehead atoms. The first-order chi connectivity index (χ1) is 13.6. The number of rotatable bonds is 7. The molecule has 29 heavy (non-hydrogen) atoms. The number of carbonyl (C=O) groups excluding carboxylic acids is 2. The average molecular weight is 419 g/mol. The molecule has 2 aromatic carbocycles. The summed E-state index contributed by atoms with van der Waals surface area (Å²) in [4.78, 5) is 24.9. The first-order valence-corrected chi connectivity index (χ1v) is 10.7. The van der Waals surface area contributed by atoms with Gasteiger partial charge in [-0.3, -0.25) is 4.79 Å². The first-order valence-electron chi connectivity index (χ1n) is 9.21. The van der Waals surface area contributed by atoms with E-state index in [4.69, 9.17) is 4.74 Å². The van der Waals surface area contributed by atoms with Crippen molar-refractivity contribution in [2.45, 2.75) is 44.6 Å². The van der Waals surface area contributed by atoms with E-state index in [9.17, 15) is 18.0 Å². The minimum absolute atomic E-state index is 0.0307. The van der Waals surface area contributed by atoms with Gasteiger partial charge in [0, 0.05) is 5.69 Å². The van der Waals surface area contributed by atoms with Crippen LogP contribution in [-0.4, -0.2) is 33.4 Å². The van der Waals surface area contributed by atoms with Crippen molar-refractivity contribution in [3.05, 3.63) is 59.2 Å². The van der Waals surface area contributed by atoms with Gasteiger partial charge in [0.1, 0.15) is 0 Å². The molecule has 0 fully saturated rings. The molecule has 1 atom stereocenters. The largest absolute Gasteiger partial charge is 0.449 e. The molecule has 1 amide bonds. The van der Waals surface area contributed by atoms with Crippen LogP contribution in [0.2, 0.25) is 0 Å². The summed E-state index contributed by atoms with van der Waals surface area (Å²) in [7, 11) is -2.29. The van der Waals surface area contributed by atoms with Crippen LogP contribution in [0.15, 0.2) is 47.4 Å². The molecule has 156 valence electrons. The summed E-state index contributed by atoms with van der Waals surface area (Å²) in [6.07, 6.45) is -1.03. The minimum Gasteiger partial charge on any atom is -0.449 e. The number of ether oxygens (including phenoxy) is 1. The summed E-state index contributed by atoms with van der Waals surface area (Å²) in [6.45, 7) is 7.46. The quantitative estimate of drug-likeness (QED) is 0.673. The lowest BCUT2D eigenvalue weighted by atomic mass is 9.98. The van der Waals surface area contributed by atoms with Gasteiger partial charge in [-0.15, -0.1) is 0 Å². The Bertz CT molecular complexity index is 998. The number of aryl methyl sites for hydroxylation is 1. The second-order valence-corrected chi connectivity index (χ2v) is 8.85. The molecule has 0 saturated heterocycles. The van der Waals surface area contributed by atoms with Gasteiger partial charge in [-0.05, 0) is 62.2 Å². The zero-order valence-corrected chi connectivity index (χ0v) is 18.0. The highest BCUT2D eigenvalue weighted by Crippen LogP contribution is 2.27. The van der Waals surface area contributed by atoms with Crippen molar-refractivity contribution in [1.82, 2.24) is 4.72 Å². The Balaban J connectivity index is 2.09. The minimum atomic E-state index is -3.59. The fourth-order valence-corrected chi connectivity index (χ4v) is 3.47. The Labute approximate surface area is 171 Å². The third-order valence-electron chi connectivity index (χ3n) is 4.50. The third-order valence-corrected chi connectivity index (χ3v) is 5.93. The molecule has 0 aliphatic carbocycles. The highest BCUT2D eigenvalue weighted by Gasteiger charge is 2.21. The predicted molar refractivity (Wildman–Crippen MR) is 111 cm³/mol. The number of para-hydroxylation sites is 1. The highest BCUT2D eigenvalue weighted by atomic mass is 32.2. The summed E-state index contributed by atoms with van der Waals surface area (Å²) < 4.78 is 30.9. The second kappa shape index (κ2) is 9.19. The number of sulfonamides is 1. The van der Waals surface area contributed by atoms with E-state index >= 15 is 0 Å². The van der Waals surface area contributed by atoms with Gasteiger partial charge < -0.3 is 10.1 Å². The Morgan fingerprint density at radius 1 is 1.00 bits per heavy atom. The monoisotopic (exact) mass is 418 g/mol. The number of hydrogen-bond acceptors (Lipinski definition) is 5. The van der Waals surface area contributed by atoms with E-state index in [2.05, 4.69) is 10.0 Å². The number of benzene rings is 2. The summed E-state index contributed by atoms with van der Waals surface area (Å²) in [5.41, 5.74) is 2.79. The first kappa shape index (κ1) is 22.6. The lowest BCUT2D eigenvalue weighted by molar-refractivity contribution is -0.123. The molecular formula is C21H26N2O5S. The van der Waals surface area contributed by atoms with E-state index < -0.39 is 28.0 Å². The van der Waals surface area contributed by atoms with Crippen LogP contribution in [0.3, 0.4) is 0 Å². The van der Waals surface area contributed by atoms with Gasteiger partial charge in [0.25, 0.3) is 5.91 Å². The molecule has 0 radical (unpaired) electrons. The maximum atomic E-state index is 12.6. The molecule has 7 nitrogen and oxygen atoms in total. The molecule has 0 aliphatic rings. The van der Waals surface area contributed by atoms with Crippen molar-refractivity contribution in [3.63, 3.8) is 0 Å². The average Bonchev–Trinajstić information content (AvgIpc) is 2.69. The Kier molecular flexibility index (Phi) is 7.16. The van der Waals surface area contributed by atoms with Gasteiger partial charge in [0.05, 0.1) is 10.5 Å². The summed E-state index contributed by atoms with van der Waals surface area (Å²) >= 11 is 0. The molecule has 1 unspecified atom stereocenters. The van der Waals surface area contributed by atoms with Crippen LogP contribution < -0.4 is 10.0 Å². The van der Waals surface area contributed by atoms with E-state index in [1.165, 1.54) is 38.2 Å². The molecular weight excluding hydrogens is 392 g/mol. The zero-order valence-electron chi connectivity index (χ0n) is 17.1. The van der Waals surface area contributed by atoms with Gasteiger partial charge in [0.15, 0.2) is 6.10 Å². The highest BCUT2D eigenvalue weighted by molar-refractivity contribution is 7.89. The zero-order chi connectivity index (χ0) is 21.8. The number of anilines is 1. The number of hydrogen-bond donors (Lipinski definition) is 2. The fourth-order valence-electron chi connectivity index (χ4n) is 2.74. The summed E-state index contributed by atoms with van der Waals surface area (Å²) in [5, 5.41) is 2.85. The Morgan fingerprint density at radius 2 is 1.62 bits per heavy atom. The predicted octanol–water partition coefficient (Wildman–Crippen LogP) is 3.21. The van der Waals surface area contributed by atoms with Crippen molar-refractivity contribution in [2.75, 3.05) is 12.4 Å². The maximum absolute atomic E-state index is 12.6. The molecule has 2 N–H and O–H groups in total. The lowest BCUT2D eigenvalue weighted by Crippen LogP contribution is -2.30. The van der Waals surface area contributed by atoms with E-state index in [0.29, 0.717) is 0 Å². The van der Waals surface area contributed by atoms with E-state index in [1.807, 2.05) is 39.0 Å². The Hall–Kier alpha value is -2.71. The number of nitrogens with one attached hydrogen (secondary N) is 2. The molecule has 0 spiro atoms. The molecule has 2 aromatic rings.